The molecule has 0 saturated heterocycles. The highest BCUT2D eigenvalue weighted by Crippen LogP contribution is 2.28. The van der Waals surface area contributed by atoms with E-state index < -0.39 is 5.82 Å². The Hall–Kier alpha value is -1.95. The van der Waals surface area contributed by atoms with Crippen LogP contribution in [0, 0.1) is 11.2 Å². The molecule has 0 unspecified atom stereocenters. The number of hydrogen-bond acceptors (Lipinski definition) is 3. The maximum atomic E-state index is 13.6. The van der Waals surface area contributed by atoms with Gasteiger partial charge in [0.05, 0.1) is 11.8 Å². The van der Waals surface area contributed by atoms with Gasteiger partial charge in [-0.2, -0.15) is 0 Å². The van der Waals surface area contributed by atoms with E-state index in [1.54, 1.807) is 6.07 Å². The van der Waals surface area contributed by atoms with Crippen molar-refractivity contribution in [3.8, 4) is 11.5 Å². The summed E-state index contributed by atoms with van der Waals surface area (Å²) in [6.07, 6.45) is 2.87. The van der Waals surface area contributed by atoms with Crippen LogP contribution in [0.2, 0.25) is 0 Å². The Morgan fingerprint density at radius 1 is 1.33 bits per heavy atom. The molecule has 1 aromatic heterocycles. The zero-order valence-corrected chi connectivity index (χ0v) is 10.7. The SMILES string of the molecule is N=C(N)c1ccncc1Oc1ccc(Br)cc1F. The van der Waals surface area contributed by atoms with Crippen molar-refractivity contribution in [2.24, 2.45) is 5.73 Å². The molecule has 4 nitrogen and oxygen atoms in total. The highest BCUT2D eigenvalue weighted by Gasteiger charge is 2.10. The minimum atomic E-state index is -0.511. The van der Waals surface area contributed by atoms with Crippen molar-refractivity contribution in [3.05, 3.63) is 52.5 Å². The van der Waals surface area contributed by atoms with E-state index in [0.717, 1.165) is 0 Å². The highest BCUT2D eigenvalue weighted by molar-refractivity contribution is 9.10. The van der Waals surface area contributed by atoms with E-state index in [9.17, 15) is 4.39 Å². The number of pyridine rings is 1. The number of nitrogens with zero attached hydrogens (tertiary/aromatic N) is 1. The Balaban J connectivity index is 2.37. The number of nitrogens with two attached hydrogens (primary N) is 1. The van der Waals surface area contributed by atoms with E-state index >= 15 is 0 Å². The van der Waals surface area contributed by atoms with E-state index in [1.807, 2.05) is 0 Å². The first-order chi connectivity index (χ1) is 8.58. The molecule has 0 amide bonds. The molecule has 0 radical (unpaired) electrons. The van der Waals surface area contributed by atoms with Crippen molar-refractivity contribution in [2.45, 2.75) is 0 Å². The fourth-order valence-corrected chi connectivity index (χ4v) is 1.69. The fourth-order valence-electron chi connectivity index (χ4n) is 1.36. The van der Waals surface area contributed by atoms with Crippen molar-refractivity contribution in [2.75, 3.05) is 0 Å². The first-order valence-electron chi connectivity index (χ1n) is 4.99. The van der Waals surface area contributed by atoms with Gasteiger partial charge in [0.15, 0.2) is 17.3 Å². The molecule has 1 heterocycles. The summed E-state index contributed by atoms with van der Waals surface area (Å²) in [4.78, 5) is 3.86. The minimum Gasteiger partial charge on any atom is -0.452 e. The first-order valence-corrected chi connectivity index (χ1v) is 5.78. The van der Waals surface area contributed by atoms with Crippen molar-refractivity contribution in [1.82, 2.24) is 4.98 Å². The summed E-state index contributed by atoms with van der Waals surface area (Å²) in [6.45, 7) is 0. The Kier molecular flexibility index (Phi) is 3.57. The number of benzene rings is 1. The number of nitrogens with one attached hydrogen (secondary N) is 1. The molecule has 0 fully saturated rings. The minimum absolute atomic E-state index is 0.0497. The standard InChI is InChI=1S/C12H9BrFN3O/c13-7-1-2-10(9(14)5-7)18-11-6-17-4-3-8(11)12(15)16/h1-6H,(H3,15,16). The maximum Gasteiger partial charge on any atom is 0.166 e. The van der Waals surface area contributed by atoms with Crippen LogP contribution in [-0.4, -0.2) is 10.8 Å². The van der Waals surface area contributed by atoms with Crippen molar-refractivity contribution in [3.63, 3.8) is 0 Å². The molecule has 0 aliphatic carbocycles. The van der Waals surface area contributed by atoms with Crippen LogP contribution >= 0.6 is 15.9 Å². The van der Waals surface area contributed by atoms with E-state index in [0.29, 0.717) is 10.0 Å². The molecule has 0 bridgehead atoms. The lowest BCUT2D eigenvalue weighted by Crippen LogP contribution is -2.12. The monoisotopic (exact) mass is 309 g/mol. The van der Waals surface area contributed by atoms with Gasteiger partial charge in [-0.15, -0.1) is 0 Å². The third-order valence-electron chi connectivity index (χ3n) is 2.19. The molecule has 1 aromatic carbocycles. The Morgan fingerprint density at radius 3 is 2.78 bits per heavy atom. The summed E-state index contributed by atoms with van der Waals surface area (Å²) >= 11 is 3.16. The molecule has 3 N–H and O–H groups in total. The number of nitrogen functional groups attached to an aromatic ring is 1. The van der Waals surface area contributed by atoms with Gasteiger partial charge in [-0.25, -0.2) is 4.39 Å². The van der Waals surface area contributed by atoms with Crippen molar-refractivity contribution >= 4 is 21.8 Å². The normalized spacial score (nSPS) is 10.1. The molecule has 0 saturated carbocycles. The summed E-state index contributed by atoms with van der Waals surface area (Å²) < 4.78 is 19.6. The van der Waals surface area contributed by atoms with Crippen LogP contribution in [0.4, 0.5) is 4.39 Å². The molecule has 0 aliphatic rings. The van der Waals surface area contributed by atoms with Gasteiger partial charge in [-0.1, -0.05) is 15.9 Å². The van der Waals surface area contributed by atoms with Crippen LogP contribution in [0.5, 0.6) is 11.5 Å². The summed E-state index contributed by atoms with van der Waals surface area (Å²) in [5.41, 5.74) is 5.77. The Morgan fingerprint density at radius 2 is 2.11 bits per heavy atom. The van der Waals surface area contributed by atoms with Gasteiger partial charge in [-0.05, 0) is 24.3 Å². The number of hydrogen-bond donors (Lipinski definition) is 2. The molecular formula is C12H9BrFN3O. The third kappa shape index (κ3) is 2.65. The van der Waals surface area contributed by atoms with Crippen LogP contribution in [-0.2, 0) is 0 Å². The average molecular weight is 310 g/mol. The van der Waals surface area contributed by atoms with Gasteiger partial charge in [0.2, 0.25) is 0 Å². The molecule has 0 atom stereocenters. The van der Waals surface area contributed by atoms with E-state index in [-0.39, 0.29) is 17.3 Å². The van der Waals surface area contributed by atoms with Crippen LogP contribution in [0.3, 0.4) is 0 Å². The molecule has 2 aromatic rings. The van der Waals surface area contributed by atoms with Crippen molar-refractivity contribution < 1.29 is 9.13 Å². The molecular weight excluding hydrogens is 301 g/mol. The fraction of sp³-hybridized carbons (Fsp3) is 0. The average Bonchev–Trinajstić information content (AvgIpc) is 2.33. The topological polar surface area (TPSA) is 72.0 Å². The van der Waals surface area contributed by atoms with E-state index in [2.05, 4.69) is 20.9 Å². The number of amidine groups is 1. The number of halogens is 2. The molecule has 18 heavy (non-hydrogen) atoms. The third-order valence-corrected chi connectivity index (χ3v) is 2.68. The second kappa shape index (κ2) is 5.14. The Labute approximate surface area is 111 Å². The highest BCUT2D eigenvalue weighted by atomic mass is 79.9. The second-order valence-electron chi connectivity index (χ2n) is 3.46. The quantitative estimate of drug-likeness (QED) is 0.676. The zero-order chi connectivity index (χ0) is 13.1. The van der Waals surface area contributed by atoms with Crippen LogP contribution in [0.25, 0.3) is 0 Å². The number of aromatic nitrogens is 1. The van der Waals surface area contributed by atoms with Crippen LogP contribution in [0.15, 0.2) is 41.1 Å². The maximum absolute atomic E-state index is 13.6. The summed E-state index contributed by atoms with van der Waals surface area (Å²) in [7, 11) is 0. The summed E-state index contributed by atoms with van der Waals surface area (Å²) in [6, 6.07) is 5.96. The van der Waals surface area contributed by atoms with Gasteiger partial charge in [0.1, 0.15) is 5.84 Å². The van der Waals surface area contributed by atoms with E-state index in [1.165, 1.54) is 30.6 Å². The zero-order valence-electron chi connectivity index (χ0n) is 9.15. The summed E-state index contributed by atoms with van der Waals surface area (Å²) in [5, 5.41) is 7.40. The largest absolute Gasteiger partial charge is 0.452 e. The molecule has 92 valence electrons. The predicted molar refractivity (Wildman–Crippen MR) is 69.4 cm³/mol. The number of ether oxygens (including phenoxy) is 1. The van der Waals surface area contributed by atoms with E-state index in [4.69, 9.17) is 15.9 Å². The smallest absolute Gasteiger partial charge is 0.166 e. The number of rotatable bonds is 3. The van der Waals surface area contributed by atoms with Crippen LogP contribution < -0.4 is 10.5 Å². The molecule has 6 heteroatoms. The van der Waals surface area contributed by atoms with Gasteiger partial charge >= 0.3 is 0 Å². The lowest BCUT2D eigenvalue weighted by molar-refractivity contribution is 0.439. The van der Waals surface area contributed by atoms with Crippen molar-refractivity contribution in [1.29, 1.82) is 5.41 Å². The lowest BCUT2D eigenvalue weighted by Gasteiger charge is -2.10. The van der Waals surface area contributed by atoms with Crippen LogP contribution in [0.1, 0.15) is 5.56 Å². The molecule has 2 rings (SSSR count). The molecule has 0 aliphatic heterocycles. The first kappa shape index (κ1) is 12.5. The van der Waals surface area contributed by atoms with Gasteiger partial charge < -0.3 is 10.5 Å². The predicted octanol–water partition coefficient (Wildman–Crippen LogP) is 3.06. The lowest BCUT2D eigenvalue weighted by atomic mass is 10.2. The second-order valence-corrected chi connectivity index (χ2v) is 4.38. The molecule has 0 spiro atoms. The van der Waals surface area contributed by atoms with Gasteiger partial charge in [0, 0.05) is 10.7 Å². The van der Waals surface area contributed by atoms with Gasteiger partial charge in [-0.3, -0.25) is 10.4 Å². The Bertz CT molecular complexity index is 604. The van der Waals surface area contributed by atoms with Gasteiger partial charge in [0.25, 0.3) is 0 Å². The summed E-state index contributed by atoms with van der Waals surface area (Å²) in [5.74, 6) is -0.382.